The molecular formula is C74H66BN3O. The molecule has 2 aliphatic heterocycles. The van der Waals surface area contributed by atoms with Gasteiger partial charge in [0.15, 0.2) is 7.28 Å². The summed E-state index contributed by atoms with van der Waals surface area (Å²) in [4.78, 5) is 5.15. The van der Waals surface area contributed by atoms with Crippen LogP contribution in [0.25, 0.3) is 55.3 Å². The average Bonchev–Trinajstić information content (AvgIpc) is 3.68. The Balaban J connectivity index is 1.08. The van der Waals surface area contributed by atoms with Crippen molar-refractivity contribution in [3.8, 4) is 33.4 Å². The number of fused-ring (bicyclic) bond motifs is 8. The number of nitrogens with one attached hydrogen (secondary N) is 1. The van der Waals surface area contributed by atoms with E-state index in [1.165, 1.54) is 101 Å². The highest BCUT2D eigenvalue weighted by molar-refractivity contribution is 6.73. The first-order valence-corrected chi connectivity index (χ1v) is 28.3. The zero-order valence-corrected chi connectivity index (χ0v) is 47.0. The number of para-hydroxylation sites is 3. The third kappa shape index (κ3) is 7.79. The molecule has 11 aromatic rings. The van der Waals surface area contributed by atoms with Crippen LogP contribution in [0.1, 0.15) is 93.3 Å². The van der Waals surface area contributed by atoms with E-state index < -0.39 is 0 Å². The molecule has 1 aromatic heterocycles. The maximum Gasteiger partial charge on any atom is 0.198 e. The van der Waals surface area contributed by atoms with E-state index in [1.54, 1.807) is 0 Å². The summed E-state index contributed by atoms with van der Waals surface area (Å²) >= 11 is 0. The molecule has 14 rings (SSSR count). The van der Waals surface area contributed by atoms with Gasteiger partial charge in [-0.15, -0.1) is 0 Å². The van der Waals surface area contributed by atoms with E-state index in [1.807, 2.05) is 0 Å². The van der Waals surface area contributed by atoms with Crippen molar-refractivity contribution in [2.45, 2.75) is 91.4 Å². The van der Waals surface area contributed by atoms with E-state index in [4.69, 9.17) is 4.42 Å². The Morgan fingerprint density at radius 3 is 1.76 bits per heavy atom. The van der Waals surface area contributed by atoms with E-state index in [0.29, 0.717) is 0 Å². The first kappa shape index (κ1) is 48.8. The van der Waals surface area contributed by atoms with Gasteiger partial charge in [-0.1, -0.05) is 180 Å². The maximum absolute atomic E-state index is 6.81. The van der Waals surface area contributed by atoms with Gasteiger partial charge in [-0.2, -0.15) is 0 Å². The number of anilines is 8. The smallest absolute Gasteiger partial charge is 0.198 e. The summed E-state index contributed by atoms with van der Waals surface area (Å²) in [5.41, 5.74) is 29.8. The second-order valence-electron chi connectivity index (χ2n) is 24.6. The number of hydrogen-bond donors (Lipinski definition) is 1. The van der Waals surface area contributed by atoms with Gasteiger partial charge in [0.2, 0.25) is 0 Å². The summed E-state index contributed by atoms with van der Waals surface area (Å²) in [6.45, 7) is 21.3. The van der Waals surface area contributed by atoms with E-state index in [2.05, 4.69) is 278 Å². The lowest BCUT2D eigenvalue weighted by atomic mass is 9.56. The van der Waals surface area contributed by atoms with Crippen LogP contribution in [-0.4, -0.2) is 7.28 Å². The van der Waals surface area contributed by atoms with Crippen LogP contribution in [0.4, 0.5) is 45.5 Å². The molecule has 0 radical (unpaired) electrons. The van der Waals surface area contributed by atoms with E-state index >= 15 is 0 Å². The Hall–Kier alpha value is -8.54. The normalized spacial score (nSPS) is 15.2. The molecule has 0 atom stereocenters. The number of hydrogen-bond acceptors (Lipinski definition) is 4. The largest absolute Gasteiger partial charge is 0.456 e. The van der Waals surface area contributed by atoms with Gasteiger partial charge in [-0.25, -0.2) is 0 Å². The highest BCUT2D eigenvalue weighted by Crippen LogP contribution is 2.55. The van der Waals surface area contributed by atoms with Crippen LogP contribution in [0, 0.1) is 20.8 Å². The zero-order valence-electron chi connectivity index (χ0n) is 47.0. The Labute approximate surface area is 466 Å². The van der Waals surface area contributed by atoms with Crippen molar-refractivity contribution in [1.82, 2.24) is 0 Å². The molecule has 3 aliphatic rings. The quantitative estimate of drug-likeness (QED) is 0.154. The van der Waals surface area contributed by atoms with Gasteiger partial charge in [0.1, 0.15) is 11.2 Å². The van der Waals surface area contributed by atoms with Gasteiger partial charge in [0.05, 0.1) is 16.8 Å². The van der Waals surface area contributed by atoms with Gasteiger partial charge in [0.25, 0.3) is 0 Å². The van der Waals surface area contributed by atoms with Crippen LogP contribution in [0.3, 0.4) is 0 Å². The minimum absolute atomic E-state index is 0.0312. The molecule has 0 bridgehead atoms. The lowest BCUT2D eigenvalue weighted by Gasteiger charge is -2.46. The first-order chi connectivity index (χ1) is 38.1. The summed E-state index contributed by atoms with van der Waals surface area (Å²) < 4.78 is 6.81. The molecule has 0 saturated carbocycles. The fourth-order valence-corrected chi connectivity index (χ4v) is 13.8. The maximum atomic E-state index is 6.81. The van der Waals surface area contributed by atoms with Crippen molar-refractivity contribution in [3.63, 3.8) is 0 Å². The van der Waals surface area contributed by atoms with Gasteiger partial charge in [-0.05, 0) is 183 Å². The second kappa shape index (κ2) is 18.0. The SMILES string of the molecule is Cc1cc2c(cc1Nc1c(-c3cc(N(c4ccc(-c5ccccc5)cc4C)c4ccc(-c5ccccc5)cc4C)cc4c3Bc3cccc5c3N4c3ccccc3C5(C)C)ccc3oc4ccccc4c13)C(C)(C)CCC2(C)C. The molecule has 0 saturated heterocycles. The van der Waals surface area contributed by atoms with Crippen LogP contribution >= 0.6 is 0 Å². The van der Waals surface area contributed by atoms with Gasteiger partial charge in [0, 0.05) is 50.5 Å². The number of nitrogens with zero attached hydrogens (tertiary/aromatic N) is 2. The second-order valence-corrected chi connectivity index (χ2v) is 24.6. The van der Waals surface area contributed by atoms with Crippen molar-refractivity contribution in [3.05, 3.63) is 239 Å². The minimum Gasteiger partial charge on any atom is -0.456 e. The molecule has 0 spiro atoms. The average molecular weight is 1020 g/mol. The Bertz CT molecular complexity index is 4190. The molecule has 5 heteroatoms. The van der Waals surface area contributed by atoms with Crippen LogP contribution in [0.15, 0.2) is 205 Å². The number of benzene rings is 10. The minimum atomic E-state index is -0.210. The third-order valence-electron chi connectivity index (χ3n) is 18.3. The Morgan fingerprint density at radius 2 is 1.09 bits per heavy atom. The van der Waals surface area contributed by atoms with Crippen molar-refractivity contribution < 1.29 is 4.42 Å². The van der Waals surface area contributed by atoms with Crippen LogP contribution in [-0.2, 0) is 16.2 Å². The Kier molecular flexibility index (Phi) is 11.1. The van der Waals surface area contributed by atoms with Crippen LogP contribution < -0.4 is 26.0 Å². The first-order valence-electron chi connectivity index (χ1n) is 28.3. The van der Waals surface area contributed by atoms with Crippen molar-refractivity contribution in [2.75, 3.05) is 15.1 Å². The van der Waals surface area contributed by atoms with E-state index in [-0.39, 0.29) is 16.2 Å². The monoisotopic (exact) mass is 1020 g/mol. The number of rotatable bonds is 8. The zero-order chi connectivity index (χ0) is 54.1. The number of furan rings is 1. The lowest BCUT2D eigenvalue weighted by Crippen LogP contribution is -2.45. The van der Waals surface area contributed by atoms with Crippen molar-refractivity contribution >= 4 is 85.6 Å². The molecule has 4 nitrogen and oxygen atoms in total. The van der Waals surface area contributed by atoms with Gasteiger partial charge < -0.3 is 19.5 Å². The lowest BCUT2D eigenvalue weighted by molar-refractivity contribution is 0.332. The summed E-state index contributed by atoms with van der Waals surface area (Å²) in [6.07, 6.45) is 2.31. The molecule has 0 fully saturated rings. The van der Waals surface area contributed by atoms with Gasteiger partial charge in [-0.3, -0.25) is 0 Å². The topological polar surface area (TPSA) is 31.6 Å². The molecule has 1 aliphatic carbocycles. The van der Waals surface area contributed by atoms with Crippen LogP contribution in [0.5, 0.6) is 0 Å². The standard InChI is InChI=1S/C74H66BN3O/c1-45-41-58-59(73(6,7)38-37-72(58,4)5)44-61(45)76-70-53(33-36-67-68(70)54-25-16-19-30-66(54)79-67)55-42-52(43-65-69(55)75-60-28-20-27-57-71(60)78(65)64-29-18-17-26-56(64)74(57,8)9)77(62-34-31-50(39-46(62)2)48-21-12-10-13-22-48)63-35-32-51(40-47(63)3)49-23-14-11-15-24-49/h10-36,39-44,75-76H,37-38H2,1-9H3. The molecule has 386 valence electrons. The highest BCUT2D eigenvalue weighted by Gasteiger charge is 2.42. The third-order valence-corrected chi connectivity index (χ3v) is 18.3. The molecule has 0 unspecified atom stereocenters. The Morgan fingerprint density at radius 1 is 0.481 bits per heavy atom. The molecular weight excluding hydrogens is 958 g/mol. The van der Waals surface area contributed by atoms with Gasteiger partial charge >= 0.3 is 0 Å². The number of aryl methyl sites for hydroxylation is 3. The summed E-state index contributed by atoms with van der Waals surface area (Å²) in [7, 11) is 0.767. The summed E-state index contributed by atoms with van der Waals surface area (Å²) in [5, 5.41) is 6.44. The highest BCUT2D eigenvalue weighted by atomic mass is 16.3. The summed E-state index contributed by atoms with van der Waals surface area (Å²) in [6, 6.07) is 74.7. The molecule has 3 heterocycles. The van der Waals surface area contributed by atoms with Crippen molar-refractivity contribution in [1.29, 1.82) is 0 Å². The molecule has 10 aromatic carbocycles. The molecule has 79 heavy (non-hydrogen) atoms. The van der Waals surface area contributed by atoms with Crippen LogP contribution in [0.2, 0.25) is 0 Å². The van der Waals surface area contributed by atoms with E-state index in [9.17, 15) is 0 Å². The van der Waals surface area contributed by atoms with Crippen molar-refractivity contribution in [2.24, 2.45) is 0 Å². The fraction of sp³-hybridized carbons (Fsp3) is 0.189. The molecule has 1 N–H and O–H groups in total. The fourth-order valence-electron chi connectivity index (χ4n) is 13.8. The molecule has 0 amide bonds. The predicted molar refractivity (Wildman–Crippen MR) is 337 cm³/mol. The predicted octanol–water partition coefficient (Wildman–Crippen LogP) is 18.9. The summed E-state index contributed by atoms with van der Waals surface area (Å²) in [5.74, 6) is 0. The van der Waals surface area contributed by atoms with E-state index in [0.717, 1.165) is 69.6 Å².